The van der Waals surface area contributed by atoms with E-state index in [-0.39, 0.29) is 11.8 Å². The number of carbonyl (C=O) groups is 2. The van der Waals surface area contributed by atoms with Crippen LogP contribution < -0.4 is 5.32 Å². The summed E-state index contributed by atoms with van der Waals surface area (Å²) in [5, 5.41) is 3.04. The van der Waals surface area contributed by atoms with Crippen LogP contribution in [-0.4, -0.2) is 29.8 Å². The van der Waals surface area contributed by atoms with Crippen molar-refractivity contribution in [2.45, 2.75) is 32.2 Å². The van der Waals surface area contributed by atoms with Gasteiger partial charge in [0, 0.05) is 26.1 Å². The molecule has 2 aromatic rings. The second kappa shape index (κ2) is 9.18. The van der Waals surface area contributed by atoms with Gasteiger partial charge in [-0.25, -0.2) is 0 Å². The third-order valence-corrected chi connectivity index (χ3v) is 4.94. The molecule has 1 aliphatic rings. The van der Waals surface area contributed by atoms with Gasteiger partial charge in [-0.05, 0) is 29.9 Å². The third kappa shape index (κ3) is 5.45. The molecule has 4 nitrogen and oxygen atoms in total. The Morgan fingerprint density at radius 2 is 1.62 bits per heavy atom. The van der Waals surface area contributed by atoms with Gasteiger partial charge in [-0.1, -0.05) is 60.7 Å². The minimum atomic E-state index is 0.0490. The summed E-state index contributed by atoms with van der Waals surface area (Å²) in [7, 11) is 0. The summed E-state index contributed by atoms with van der Waals surface area (Å²) in [6.45, 7) is 2.08. The summed E-state index contributed by atoms with van der Waals surface area (Å²) in [6, 6.07) is 19.9. The molecule has 1 unspecified atom stereocenters. The molecule has 0 aliphatic carbocycles. The average molecular weight is 350 g/mol. The lowest BCUT2D eigenvalue weighted by Crippen LogP contribution is -2.31. The second-order valence-corrected chi connectivity index (χ2v) is 6.96. The van der Waals surface area contributed by atoms with Crippen molar-refractivity contribution in [1.29, 1.82) is 0 Å². The van der Waals surface area contributed by atoms with Crippen LogP contribution in [0, 0.1) is 5.92 Å². The molecule has 3 rings (SSSR count). The van der Waals surface area contributed by atoms with Crippen molar-refractivity contribution in [2.75, 3.05) is 13.1 Å². The van der Waals surface area contributed by atoms with Gasteiger partial charge in [-0.3, -0.25) is 9.59 Å². The fraction of sp³-hybridized carbons (Fsp3) is 0.364. The van der Waals surface area contributed by atoms with Crippen molar-refractivity contribution in [3.63, 3.8) is 0 Å². The first-order valence-corrected chi connectivity index (χ1v) is 9.33. The zero-order valence-corrected chi connectivity index (χ0v) is 15.1. The number of amides is 2. The van der Waals surface area contributed by atoms with E-state index in [9.17, 15) is 9.59 Å². The number of hydrogen-bond acceptors (Lipinski definition) is 2. The molecule has 1 aliphatic heterocycles. The molecule has 26 heavy (non-hydrogen) atoms. The molecule has 0 saturated carbocycles. The number of nitrogens with zero attached hydrogens (tertiary/aromatic N) is 1. The highest BCUT2D eigenvalue weighted by Crippen LogP contribution is 2.19. The fourth-order valence-corrected chi connectivity index (χ4v) is 3.37. The topological polar surface area (TPSA) is 49.4 Å². The van der Waals surface area contributed by atoms with Gasteiger partial charge in [0.15, 0.2) is 0 Å². The van der Waals surface area contributed by atoms with E-state index in [1.807, 2.05) is 53.4 Å². The van der Waals surface area contributed by atoms with Crippen molar-refractivity contribution < 1.29 is 9.59 Å². The lowest BCUT2D eigenvalue weighted by Gasteiger charge is -2.21. The first kappa shape index (κ1) is 18.2. The predicted molar refractivity (Wildman–Crippen MR) is 102 cm³/mol. The maximum atomic E-state index is 12.4. The van der Waals surface area contributed by atoms with Gasteiger partial charge in [0.05, 0.1) is 6.42 Å². The first-order chi connectivity index (χ1) is 12.7. The van der Waals surface area contributed by atoms with E-state index in [1.165, 1.54) is 0 Å². The normalized spacial score (nSPS) is 17.6. The van der Waals surface area contributed by atoms with Gasteiger partial charge in [-0.2, -0.15) is 0 Å². The molecule has 4 heteroatoms. The molecular weight excluding hydrogens is 324 g/mol. The summed E-state index contributed by atoms with van der Waals surface area (Å²) >= 11 is 0. The largest absolute Gasteiger partial charge is 0.356 e. The van der Waals surface area contributed by atoms with Crippen LogP contribution in [0.1, 0.15) is 30.4 Å². The summed E-state index contributed by atoms with van der Waals surface area (Å²) in [4.78, 5) is 26.5. The van der Waals surface area contributed by atoms with Crippen LogP contribution in [0.25, 0.3) is 0 Å². The third-order valence-electron chi connectivity index (χ3n) is 4.94. The van der Waals surface area contributed by atoms with Crippen LogP contribution in [0.3, 0.4) is 0 Å². The maximum absolute atomic E-state index is 12.4. The molecule has 136 valence electrons. The number of nitrogens with one attached hydrogen (secondary N) is 1. The Kier molecular flexibility index (Phi) is 6.42. The van der Waals surface area contributed by atoms with Gasteiger partial charge in [0.1, 0.15) is 0 Å². The van der Waals surface area contributed by atoms with Gasteiger partial charge in [-0.15, -0.1) is 0 Å². The number of carbonyl (C=O) groups excluding carboxylic acids is 2. The summed E-state index contributed by atoms with van der Waals surface area (Å²) in [5.74, 6) is 0.624. The van der Waals surface area contributed by atoms with Crippen molar-refractivity contribution in [3.05, 3.63) is 71.8 Å². The predicted octanol–water partition coefficient (Wildman–Crippen LogP) is 3.17. The lowest BCUT2D eigenvalue weighted by atomic mass is 10.0. The van der Waals surface area contributed by atoms with Crippen molar-refractivity contribution >= 4 is 11.8 Å². The Hall–Kier alpha value is -2.62. The molecule has 2 amide bonds. The highest BCUT2D eigenvalue weighted by atomic mass is 16.2. The van der Waals surface area contributed by atoms with Gasteiger partial charge >= 0.3 is 0 Å². The van der Waals surface area contributed by atoms with E-state index < -0.39 is 0 Å². The Labute approximate surface area is 155 Å². The van der Waals surface area contributed by atoms with Crippen molar-refractivity contribution in [3.8, 4) is 0 Å². The molecule has 1 fully saturated rings. The SMILES string of the molecule is O=C(Cc1ccccc1)NCC1CCC(=O)N(Cc2ccccc2)CC1. The number of benzene rings is 2. The number of rotatable bonds is 6. The minimum Gasteiger partial charge on any atom is -0.356 e. The molecule has 1 heterocycles. The van der Waals surface area contributed by atoms with E-state index in [1.54, 1.807) is 0 Å². The van der Waals surface area contributed by atoms with Crippen molar-refractivity contribution in [1.82, 2.24) is 10.2 Å². The molecule has 1 atom stereocenters. The second-order valence-electron chi connectivity index (χ2n) is 6.96. The Bertz CT molecular complexity index is 715. The Morgan fingerprint density at radius 3 is 2.31 bits per heavy atom. The maximum Gasteiger partial charge on any atom is 0.224 e. The molecular formula is C22H26N2O2. The highest BCUT2D eigenvalue weighted by molar-refractivity contribution is 5.78. The van der Waals surface area contributed by atoms with Crippen LogP contribution >= 0.6 is 0 Å². The monoisotopic (exact) mass is 350 g/mol. The van der Waals surface area contributed by atoms with E-state index in [4.69, 9.17) is 0 Å². The van der Waals surface area contributed by atoms with E-state index in [0.29, 0.717) is 31.8 Å². The van der Waals surface area contributed by atoms with Crippen LogP contribution in [0.2, 0.25) is 0 Å². The standard InChI is InChI=1S/C22H26N2O2/c25-21(15-18-7-3-1-4-8-18)23-16-19-11-12-22(26)24(14-13-19)17-20-9-5-2-6-10-20/h1-10,19H,11-17H2,(H,23,25). The quantitative estimate of drug-likeness (QED) is 0.870. The average Bonchev–Trinajstić information content (AvgIpc) is 2.84. The Balaban J connectivity index is 1.45. The van der Waals surface area contributed by atoms with Crippen molar-refractivity contribution in [2.24, 2.45) is 5.92 Å². The number of hydrogen-bond donors (Lipinski definition) is 1. The summed E-state index contributed by atoms with van der Waals surface area (Å²) in [5.41, 5.74) is 2.19. The smallest absolute Gasteiger partial charge is 0.224 e. The van der Waals surface area contributed by atoms with E-state index in [2.05, 4.69) is 17.4 Å². The number of likely N-dealkylation sites (tertiary alicyclic amines) is 1. The van der Waals surface area contributed by atoms with Gasteiger partial charge < -0.3 is 10.2 Å². The fourth-order valence-electron chi connectivity index (χ4n) is 3.37. The minimum absolute atomic E-state index is 0.0490. The molecule has 0 radical (unpaired) electrons. The van der Waals surface area contributed by atoms with Crippen LogP contribution in [0.5, 0.6) is 0 Å². The molecule has 0 aromatic heterocycles. The summed E-state index contributed by atoms with van der Waals surface area (Å²) < 4.78 is 0. The zero-order valence-electron chi connectivity index (χ0n) is 15.1. The van der Waals surface area contributed by atoms with Crippen LogP contribution in [0.15, 0.2) is 60.7 Å². The molecule has 1 saturated heterocycles. The molecule has 1 N–H and O–H groups in total. The van der Waals surface area contributed by atoms with Crippen LogP contribution in [0.4, 0.5) is 0 Å². The molecule has 2 aromatic carbocycles. The van der Waals surface area contributed by atoms with Gasteiger partial charge in [0.2, 0.25) is 11.8 Å². The molecule has 0 spiro atoms. The zero-order chi connectivity index (χ0) is 18.2. The summed E-state index contributed by atoms with van der Waals surface area (Å²) in [6.07, 6.45) is 2.75. The molecule has 0 bridgehead atoms. The lowest BCUT2D eigenvalue weighted by molar-refractivity contribution is -0.131. The Morgan fingerprint density at radius 1 is 0.962 bits per heavy atom. The first-order valence-electron chi connectivity index (χ1n) is 9.33. The van der Waals surface area contributed by atoms with E-state index >= 15 is 0 Å². The van der Waals surface area contributed by atoms with E-state index in [0.717, 1.165) is 30.5 Å². The highest BCUT2D eigenvalue weighted by Gasteiger charge is 2.22. The van der Waals surface area contributed by atoms with Gasteiger partial charge in [0.25, 0.3) is 0 Å². The van der Waals surface area contributed by atoms with Crippen LogP contribution in [-0.2, 0) is 22.6 Å².